The molecule has 0 spiro atoms. The average Bonchev–Trinajstić information content (AvgIpc) is 2.89. The summed E-state index contributed by atoms with van der Waals surface area (Å²) in [5, 5.41) is 8.41. The highest BCUT2D eigenvalue weighted by Crippen LogP contribution is 2.27. The first-order chi connectivity index (χ1) is 17.1. The molecule has 188 valence electrons. The van der Waals surface area contributed by atoms with Crippen LogP contribution in [0, 0.1) is 0 Å². The van der Waals surface area contributed by atoms with E-state index in [2.05, 4.69) is 39.8 Å². The Bertz CT molecular complexity index is 1240. The third-order valence-electron chi connectivity index (χ3n) is 6.56. The molecule has 1 aliphatic carbocycles. The normalized spacial score (nSPS) is 17.3. The van der Waals surface area contributed by atoms with Gasteiger partial charge in [0.1, 0.15) is 17.3 Å². The summed E-state index contributed by atoms with van der Waals surface area (Å²) in [6.07, 6.45) is 4.49. The highest BCUT2D eigenvalue weighted by atomic mass is 16.5. The maximum Gasteiger partial charge on any atom is 0.225 e. The largest absolute Gasteiger partial charge is 0.457 e. The summed E-state index contributed by atoms with van der Waals surface area (Å²) in [6, 6.07) is 27.4. The Morgan fingerprint density at radius 2 is 1.42 bits per heavy atom. The van der Waals surface area contributed by atoms with E-state index in [4.69, 9.17) is 14.7 Å². The van der Waals surface area contributed by atoms with Crippen LogP contribution in [0.15, 0.2) is 78.9 Å². The van der Waals surface area contributed by atoms with Crippen LogP contribution in [0.2, 0.25) is 0 Å². The summed E-state index contributed by atoms with van der Waals surface area (Å²) in [5.41, 5.74) is 2.25. The number of hydrogen-bond donors (Lipinski definition) is 2. The first kappa shape index (κ1) is 25.5. The van der Waals surface area contributed by atoms with E-state index in [-0.39, 0.29) is 7.43 Å². The maximum atomic E-state index is 5.89. The van der Waals surface area contributed by atoms with Crippen molar-refractivity contribution >= 4 is 22.7 Å². The predicted molar refractivity (Wildman–Crippen MR) is 150 cm³/mol. The number of benzene rings is 3. The van der Waals surface area contributed by atoms with Crippen LogP contribution < -0.4 is 20.3 Å². The second kappa shape index (κ2) is 11.9. The summed E-state index contributed by atoms with van der Waals surface area (Å²) in [4.78, 5) is 11.6. The standard InChI is InChI=1S/C29H33N5O.CH4/c1-34(2)28-26-10-6-7-11-27(26)32-29(33-28)31-23-16-14-22(15-17-23)30-20-21-12-18-25(19-13-21)35-24-8-4-3-5-9-24;/h3-13,18-19,22-23,30H,14-17,20H2,1-2H3,(H,31,32,33);1H4. The fourth-order valence-electron chi connectivity index (χ4n) is 4.65. The third kappa shape index (κ3) is 6.32. The minimum absolute atomic E-state index is 0. The molecule has 1 aromatic heterocycles. The Kier molecular flexibility index (Phi) is 8.39. The molecule has 0 atom stereocenters. The van der Waals surface area contributed by atoms with Crippen molar-refractivity contribution in [1.29, 1.82) is 0 Å². The maximum absolute atomic E-state index is 5.89. The molecule has 36 heavy (non-hydrogen) atoms. The van der Waals surface area contributed by atoms with E-state index >= 15 is 0 Å². The lowest BCUT2D eigenvalue weighted by Crippen LogP contribution is -2.37. The highest BCUT2D eigenvalue weighted by molar-refractivity contribution is 5.90. The second-order valence-corrected chi connectivity index (χ2v) is 9.42. The van der Waals surface area contributed by atoms with Crippen LogP contribution in [0.5, 0.6) is 11.5 Å². The number of ether oxygens (including phenoxy) is 1. The molecule has 5 rings (SSSR count). The zero-order valence-electron chi connectivity index (χ0n) is 20.4. The molecule has 0 aliphatic heterocycles. The summed E-state index contributed by atoms with van der Waals surface area (Å²) >= 11 is 0. The molecular formula is C30H37N5O. The summed E-state index contributed by atoms with van der Waals surface area (Å²) < 4.78 is 5.89. The quantitative estimate of drug-likeness (QED) is 0.293. The molecule has 6 heteroatoms. The fourth-order valence-corrected chi connectivity index (χ4v) is 4.65. The fraction of sp³-hybridized carbons (Fsp3) is 0.333. The van der Waals surface area contributed by atoms with Crippen LogP contribution in [0.4, 0.5) is 11.8 Å². The summed E-state index contributed by atoms with van der Waals surface area (Å²) in [5.74, 6) is 3.39. The van der Waals surface area contributed by atoms with Gasteiger partial charge in [0.2, 0.25) is 5.95 Å². The number of rotatable bonds is 8. The smallest absolute Gasteiger partial charge is 0.225 e. The topological polar surface area (TPSA) is 62.3 Å². The van der Waals surface area contributed by atoms with Crippen molar-refractivity contribution in [3.05, 3.63) is 84.4 Å². The van der Waals surface area contributed by atoms with Crippen molar-refractivity contribution in [3.8, 4) is 11.5 Å². The lowest BCUT2D eigenvalue weighted by molar-refractivity contribution is 0.352. The van der Waals surface area contributed by atoms with E-state index in [0.717, 1.165) is 66.4 Å². The van der Waals surface area contributed by atoms with Crippen molar-refractivity contribution in [2.45, 2.75) is 51.7 Å². The molecule has 6 nitrogen and oxygen atoms in total. The van der Waals surface area contributed by atoms with Crippen molar-refractivity contribution in [3.63, 3.8) is 0 Å². The summed E-state index contributed by atoms with van der Waals surface area (Å²) in [6.45, 7) is 0.869. The highest BCUT2D eigenvalue weighted by Gasteiger charge is 2.22. The number of fused-ring (bicyclic) bond motifs is 1. The Hall–Kier alpha value is -3.64. The van der Waals surface area contributed by atoms with Crippen LogP contribution in [0.3, 0.4) is 0 Å². The van der Waals surface area contributed by atoms with Gasteiger partial charge < -0.3 is 20.3 Å². The predicted octanol–water partition coefficient (Wildman–Crippen LogP) is 6.64. The second-order valence-electron chi connectivity index (χ2n) is 9.42. The molecule has 1 heterocycles. The van der Waals surface area contributed by atoms with Gasteiger partial charge in [-0.25, -0.2) is 4.98 Å². The molecule has 3 aromatic carbocycles. The van der Waals surface area contributed by atoms with E-state index < -0.39 is 0 Å². The van der Waals surface area contributed by atoms with Crippen molar-refractivity contribution in [1.82, 2.24) is 15.3 Å². The molecular weight excluding hydrogens is 446 g/mol. The molecule has 1 fully saturated rings. The summed E-state index contributed by atoms with van der Waals surface area (Å²) in [7, 11) is 4.05. The number of nitrogens with zero attached hydrogens (tertiary/aromatic N) is 3. The zero-order valence-corrected chi connectivity index (χ0v) is 20.4. The number of para-hydroxylation sites is 2. The van der Waals surface area contributed by atoms with Gasteiger partial charge in [0.15, 0.2) is 0 Å². The Morgan fingerprint density at radius 1 is 0.778 bits per heavy atom. The van der Waals surface area contributed by atoms with Gasteiger partial charge in [-0.1, -0.05) is 49.9 Å². The Labute approximate surface area is 214 Å². The van der Waals surface area contributed by atoms with Crippen molar-refractivity contribution in [2.24, 2.45) is 0 Å². The van der Waals surface area contributed by atoms with E-state index in [9.17, 15) is 0 Å². The van der Waals surface area contributed by atoms with Crippen LogP contribution in [-0.2, 0) is 6.54 Å². The number of aromatic nitrogens is 2. The Balaban J connectivity index is 0.00000304. The first-order valence-electron chi connectivity index (χ1n) is 12.4. The van der Waals surface area contributed by atoms with Crippen LogP contribution in [-0.4, -0.2) is 36.1 Å². The molecule has 0 unspecified atom stereocenters. The Morgan fingerprint density at radius 3 is 2.14 bits per heavy atom. The minimum atomic E-state index is 0. The van der Waals surface area contributed by atoms with Gasteiger partial charge in [0.05, 0.1) is 5.52 Å². The lowest BCUT2D eigenvalue weighted by Gasteiger charge is -2.30. The van der Waals surface area contributed by atoms with E-state index in [1.54, 1.807) is 0 Å². The van der Waals surface area contributed by atoms with Crippen molar-refractivity contribution in [2.75, 3.05) is 24.3 Å². The minimum Gasteiger partial charge on any atom is -0.457 e. The number of nitrogens with one attached hydrogen (secondary N) is 2. The van der Waals surface area contributed by atoms with Gasteiger partial charge in [-0.3, -0.25) is 0 Å². The number of hydrogen-bond acceptors (Lipinski definition) is 6. The van der Waals surface area contributed by atoms with Crippen molar-refractivity contribution < 1.29 is 4.74 Å². The van der Waals surface area contributed by atoms with Crippen LogP contribution in [0.25, 0.3) is 10.9 Å². The van der Waals surface area contributed by atoms with Gasteiger partial charge >= 0.3 is 0 Å². The monoisotopic (exact) mass is 483 g/mol. The molecule has 2 N–H and O–H groups in total. The SMILES string of the molecule is C.CN(C)c1nc(NC2CCC(NCc3ccc(Oc4ccccc4)cc3)CC2)nc2ccccc12. The molecule has 0 radical (unpaired) electrons. The van der Waals surface area contributed by atoms with E-state index in [1.165, 1.54) is 5.56 Å². The molecule has 0 amide bonds. The van der Waals surface area contributed by atoms with Crippen LogP contribution >= 0.6 is 0 Å². The molecule has 4 aromatic rings. The van der Waals surface area contributed by atoms with Gasteiger partial charge in [0.25, 0.3) is 0 Å². The first-order valence-corrected chi connectivity index (χ1v) is 12.4. The molecule has 0 saturated heterocycles. The zero-order chi connectivity index (χ0) is 24.0. The molecule has 0 bridgehead atoms. The molecule has 1 saturated carbocycles. The van der Waals surface area contributed by atoms with E-state index in [1.807, 2.05) is 68.7 Å². The third-order valence-corrected chi connectivity index (χ3v) is 6.56. The lowest BCUT2D eigenvalue weighted by atomic mass is 9.91. The van der Waals surface area contributed by atoms with E-state index in [0.29, 0.717) is 12.1 Å². The van der Waals surface area contributed by atoms with Gasteiger partial charge in [0, 0.05) is 38.1 Å². The molecule has 1 aliphatic rings. The average molecular weight is 484 g/mol. The van der Waals surface area contributed by atoms with Crippen LogP contribution in [0.1, 0.15) is 38.7 Å². The number of anilines is 2. The van der Waals surface area contributed by atoms with Gasteiger partial charge in [-0.2, -0.15) is 4.98 Å². The van der Waals surface area contributed by atoms with Gasteiger partial charge in [-0.05, 0) is 67.6 Å². The van der Waals surface area contributed by atoms with Gasteiger partial charge in [-0.15, -0.1) is 0 Å².